The van der Waals surface area contributed by atoms with Gasteiger partial charge in [0.1, 0.15) is 5.82 Å². The Morgan fingerprint density at radius 1 is 1.33 bits per heavy atom. The minimum atomic E-state index is -0.0737. The molecular weight excluding hydrogens is 266 g/mol. The SMILES string of the molecule is CCCNc1cnccc1C(=O)NCCCc1ncc[nH]1. The lowest BCUT2D eigenvalue weighted by molar-refractivity contribution is 0.0954. The molecule has 0 saturated heterocycles. The van der Waals surface area contributed by atoms with Gasteiger partial charge in [-0.15, -0.1) is 0 Å². The molecule has 2 rings (SSSR count). The summed E-state index contributed by atoms with van der Waals surface area (Å²) in [4.78, 5) is 23.4. The standard InChI is InChI=1S/C15H21N5O/c1-2-6-17-13-11-16-8-5-12(13)15(21)20-7-3-4-14-18-9-10-19-14/h5,8-11,17H,2-4,6-7H2,1H3,(H,18,19)(H,20,21). The van der Waals surface area contributed by atoms with Gasteiger partial charge in [-0.1, -0.05) is 6.92 Å². The van der Waals surface area contributed by atoms with Crippen molar-refractivity contribution in [3.8, 4) is 0 Å². The quantitative estimate of drug-likeness (QED) is 0.648. The van der Waals surface area contributed by atoms with Gasteiger partial charge >= 0.3 is 0 Å². The second kappa shape index (κ2) is 8.04. The number of rotatable bonds is 8. The number of carbonyl (C=O) groups excluding carboxylic acids is 1. The molecule has 0 fully saturated rings. The van der Waals surface area contributed by atoms with Crippen LogP contribution in [-0.4, -0.2) is 33.9 Å². The number of aromatic amines is 1. The Labute approximate surface area is 124 Å². The van der Waals surface area contributed by atoms with Crippen molar-refractivity contribution in [2.75, 3.05) is 18.4 Å². The van der Waals surface area contributed by atoms with Crippen LogP contribution in [0.5, 0.6) is 0 Å². The Morgan fingerprint density at radius 3 is 3.00 bits per heavy atom. The lowest BCUT2D eigenvalue weighted by atomic mass is 10.2. The topological polar surface area (TPSA) is 82.7 Å². The van der Waals surface area contributed by atoms with E-state index in [0.717, 1.165) is 37.3 Å². The number of aryl methyl sites for hydroxylation is 1. The summed E-state index contributed by atoms with van der Waals surface area (Å²) < 4.78 is 0. The molecule has 0 aromatic carbocycles. The molecule has 0 aliphatic carbocycles. The third-order valence-corrected chi connectivity index (χ3v) is 3.06. The predicted octanol–water partition coefficient (Wildman–Crippen LogP) is 1.99. The molecule has 0 atom stereocenters. The van der Waals surface area contributed by atoms with Gasteiger partial charge in [0.15, 0.2) is 0 Å². The minimum Gasteiger partial charge on any atom is -0.383 e. The number of nitrogens with zero attached hydrogens (tertiary/aromatic N) is 2. The molecule has 1 amide bonds. The summed E-state index contributed by atoms with van der Waals surface area (Å²) in [6.07, 6.45) is 9.53. The van der Waals surface area contributed by atoms with Crippen LogP contribution in [0.3, 0.4) is 0 Å². The van der Waals surface area contributed by atoms with E-state index < -0.39 is 0 Å². The number of nitrogens with one attached hydrogen (secondary N) is 3. The number of amides is 1. The molecule has 6 heteroatoms. The molecule has 0 unspecified atom stereocenters. The summed E-state index contributed by atoms with van der Waals surface area (Å²) >= 11 is 0. The number of pyridine rings is 1. The fourth-order valence-corrected chi connectivity index (χ4v) is 1.98. The van der Waals surface area contributed by atoms with Crippen molar-refractivity contribution in [2.24, 2.45) is 0 Å². The highest BCUT2D eigenvalue weighted by Gasteiger charge is 2.10. The maximum Gasteiger partial charge on any atom is 0.253 e. The molecule has 6 nitrogen and oxygen atoms in total. The molecule has 0 bridgehead atoms. The second-order valence-corrected chi connectivity index (χ2v) is 4.74. The zero-order valence-corrected chi connectivity index (χ0v) is 12.2. The van der Waals surface area contributed by atoms with Crippen LogP contribution in [0.25, 0.3) is 0 Å². The molecule has 0 saturated carbocycles. The van der Waals surface area contributed by atoms with Crippen molar-refractivity contribution >= 4 is 11.6 Å². The van der Waals surface area contributed by atoms with Gasteiger partial charge in [0.2, 0.25) is 0 Å². The van der Waals surface area contributed by atoms with E-state index in [1.54, 1.807) is 30.9 Å². The van der Waals surface area contributed by atoms with Gasteiger partial charge < -0.3 is 15.6 Å². The Hall–Kier alpha value is -2.37. The highest BCUT2D eigenvalue weighted by molar-refractivity contribution is 5.99. The summed E-state index contributed by atoms with van der Waals surface area (Å²) in [6, 6.07) is 1.74. The van der Waals surface area contributed by atoms with Gasteiger partial charge in [0, 0.05) is 38.1 Å². The molecule has 0 radical (unpaired) electrons. The number of anilines is 1. The Balaban J connectivity index is 1.82. The van der Waals surface area contributed by atoms with Crippen LogP contribution in [0, 0.1) is 0 Å². The Morgan fingerprint density at radius 2 is 2.24 bits per heavy atom. The van der Waals surface area contributed by atoms with Crippen LogP contribution >= 0.6 is 0 Å². The maximum atomic E-state index is 12.2. The summed E-state index contributed by atoms with van der Waals surface area (Å²) in [5.41, 5.74) is 1.42. The van der Waals surface area contributed by atoms with E-state index in [1.807, 2.05) is 0 Å². The van der Waals surface area contributed by atoms with Crippen molar-refractivity contribution in [3.63, 3.8) is 0 Å². The van der Waals surface area contributed by atoms with E-state index in [9.17, 15) is 4.79 Å². The third kappa shape index (κ3) is 4.59. The van der Waals surface area contributed by atoms with Crippen LogP contribution in [0.4, 0.5) is 5.69 Å². The molecule has 21 heavy (non-hydrogen) atoms. The Bertz CT molecular complexity index is 553. The number of hydrogen-bond acceptors (Lipinski definition) is 4. The molecule has 0 aliphatic heterocycles. The average Bonchev–Trinajstić information content (AvgIpc) is 3.03. The fourth-order valence-electron chi connectivity index (χ4n) is 1.98. The molecule has 0 aliphatic rings. The van der Waals surface area contributed by atoms with Crippen molar-refractivity contribution in [1.29, 1.82) is 0 Å². The van der Waals surface area contributed by atoms with E-state index in [-0.39, 0.29) is 5.91 Å². The van der Waals surface area contributed by atoms with E-state index in [0.29, 0.717) is 12.1 Å². The lowest BCUT2D eigenvalue weighted by Crippen LogP contribution is -2.26. The van der Waals surface area contributed by atoms with Crippen molar-refractivity contribution in [1.82, 2.24) is 20.3 Å². The normalized spacial score (nSPS) is 10.3. The van der Waals surface area contributed by atoms with E-state index >= 15 is 0 Å². The zero-order valence-electron chi connectivity index (χ0n) is 12.2. The summed E-state index contributed by atoms with van der Waals surface area (Å²) in [7, 11) is 0. The van der Waals surface area contributed by atoms with E-state index in [1.165, 1.54) is 0 Å². The maximum absolute atomic E-state index is 12.2. The van der Waals surface area contributed by atoms with E-state index in [2.05, 4.69) is 32.5 Å². The number of H-pyrrole nitrogens is 1. The molecule has 2 heterocycles. The molecule has 3 N–H and O–H groups in total. The van der Waals surface area contributed by atoms with Crippen LogP contribution in [0.15, 0.2) is 30.9 Å². The third-order valence-electron chi connectivity index (χ3n) is 3.06. The first-order valence-electron chi connectivity index (χ1n) is 7.25. The van der Waals surface area contributed by atoms with Gasteiger partial charge in [0.05, 0.1) is 17.4 Å². The van der Waals surface area contributed by atoms with Gasteiger partial charge in [-0.3, -0.25) is 9.78 Å². The number of hydrogen-bond donors (Lipinski definition) is 3. The summed E-state index contributed by atoms with van der Waals surface area (Å²) in [6.45, 7) is 3.53. The zero-order chi connectivity index (χ0) is 14.9. The fraction of sp³-hybridized carbons (Fsp3) is 0.400. The van der Waals surface area contributed by atoms with E-state index in [4.69, 9.17) is 0 Å². The first kappa shape index (κ1) is 15.0. The van der Waals surface area contributed by atoms with Crippen LogP contribution < -0.4 is 10.6 Å². The van der Waals surface area contributed by atoms with Gasteiger partial charge in [-0.05, 0) is 18.9 Å². The molecular formula is C15H21N5O. The summed E-state index contributed by atoms with van der Waals surface area (Å²) in [5.74, 6) is 0.869. The molecule has 112 valence electrons. The van der Waals surface area contributed by atoms with Gasteiger partial charge in [-0.25, -0.2) is 4.98 Å². The molecule has 0 spiro atoms. The average molecular weight is 287 g/mol. The van der Waals surface area contributed by atoms with Crippen molar-refractivity contribution in [2.45, 2.75) is 26.2 Å². The number of imidazole rings is 1. The van der Waals surface area contributed by atoms with Crippen LogP contribution in [0.1, 0.15) is 35.9 Å². The molecule has 2 aromatic heterocycles. The summed E-state index contributed by atoms with van der Waals surface area (Å²) in [5, 5.41) is 6.15. The van der Waals surface area contributed by atoms with Gasteiger partial charge in [0.25, 0.3) is 5.91 Å². The van der Waals surface area contributed by atoms with Crippen molar-refractivity contribution in [3.05, 3.63) is 42.2 Å². The van der Waals surface area contributed by atoms with Crippen LogP contribution in [0.2, 0.25) is 0 Å². The second-order valence-electron chi connectivity index (χ2n) is 4.74. The predicted molar refractivity (Wildman–Crippen MR) is 82.3 cm³/mol. The Kier molecular flexibility index (Phi) is 5.75. The highest BCUT2D eigenvalue weighted by atomic mass is 16.1. The monoisotopic (exact) mass is 287 g/mol. The molecule has 2 aromatic rings. The first-order chi connectivity index (χ1) is 10.3. The highest BCUT2D eigenvalue weighted by Crippen LogP contribution is 2.13. The minimum absolute atomic E-state index is 0.0737. The first-order valence-corrected chi connectivity index (χ1v) is 7.25. The number of carbonyl (C=O) groups is 1. The van der Waals surface area contributed by atoms with Gasteiger partial charge in [-0.2, -0.15) is 0 Å². The lowest BCUT2D eigenvalue weighted by Gasteiger charge is -2.10. The van der Waals surface area contributed by atoms with Crippen molar-refractivity contribution < 1.29 is 4.79 Å². The van der Waals surface area contributed by atoms with Crippen LogP contribution in [-0.2, 0) is 6.42 Å². The number of aromatic nitrogens is 3. The smallest absolute Gasteiger partial charge is 0.253 e. The largest absolute Gasteiger partial charge is 0.383 e.